The van der Waals surface area contributed by atoms with Gasteiger partial charge in [0.15, 0.2) is 27.5 Å². The summed E-state index contributed by atoms with van der Waals surface area (Å²) < 4.78 is 61.9. The van der Waals surface area contributed by atoms with Crippen LogP contribution in [-0.4, -0.2) is 14.7 Å². The summed E-state index contributed by atoms with van der Waals surface area (Å²) in [6, 6.07) is 9.24. The van der Waals surface area contributed by atoms with Crippen LogP contribution >= 0.6 is 0 Å². The van der Waals surface area contributed by atoms with Crippen molar-refractivity contribution in [2.24, 2.45) is 0 Å². The molecule has 7 heteroatoms. The third kappa shape index (κ3) is 4.19. The smallest absolute Gasteiger partial charge is 0.181 e. The highest BCUT2D eigenvalue weighted by molar-refractivity contribution is 7.90. The molecular formula is C20H18F2O4S. The van der Waals surface area contributed by atoms with E-state index in [2.05, 4.69) is 0 Å². The van der Waals surface area contributed by atoms with E-state index in [1.165, 1.54) is 18.2 Å². The molecule has 1 atom stereocenters. The van der Waals surface area contributed by atoms with Gasteiger partial charge in [0.2, 0.25) is 0 Å². The minimum absolute atomic E-state index is 0.128. The second-order valence-electron chi connectivity index (χ2n) is 6.30. The van der Waals surface area contributed by atoms with Gasteiger partial charge in [0, 0.05) is 17.9 Å². The Balaban J connectivity index is 1.97. The summed E-state index contributed by atoms with van der Waals surface area (Å²) >= 11 is 0. The van der Waals surface area contributed by atoms with Crippen molar-refractivity contribution in [3.63, 3.8) is 0 Å². The van der Waals surface area contributed by atoms with Crippen molar-refractivity contribution in [3.8, 4) is 5.75 Å². The quantitative estimate of drug-likeness (QED) is 0.757. The Morgan fingerprint density at radius 2 is 1.70 bits per heavy atom. The van der Waals surface area contributed by atoms with E-state index < -0.39 is 27.6 Å². The number of halogens is 2. The van der Waals surface area contributed by atoms with Gasteiger partial charge in [-0.1, -0.05) is 12.1 Å². The molecule has 0 aliphatic carbocycles. The minimum Gasteiger partial charge on any atom is -0.482 e. The number of hydrogen-bond donors (Lipinski definition) is 0. The molecule has 0 saturated carbocycles. The van der Waals surface area contributed by atoms with Crippen LogP contribution < -0.4 is 4.74 Å². The molecule has 2 aromatic carbocycles. The Bertz CT molecular complexity index is 1040. The van der Waals surface area contributed by atoms with Crippen molar-refractivity contribution in [2.45, 2.75) is 24.8 Å². The van der Waals surface area contributed by atoms with Gasteiger partial charge < -0.3 is 9.47 Å². The SMILES string of the molecule is CC1=C(C)OC(c2ccc(S(C)(=O)=O)cc2)C(Oc2ccc(F)cc2F)=C1. The Morgan fingerprint density at radius 3 is 2.30 bits per heavy atom. The lowest BCUT2D eigenvalue weighted by Crippen LogP contribution is -2.16. The van der Waals surface area contributed by atoms with E-state index in [0.717, 1.165) is 24.0 Å². The maximum absolute atomic E-state index is 14.0. The van der Waals surface area contributed by atoms with Crippen molar-refractivity contribution >= 4 is 9.84 Å². The van der Waals surface area contributed by atoms with Crippen molar-refractivity contribution in [3.05, 3.63) is 82.8 Å². The average Bonchev–Trinajstić information content (AvgIpc) is 2.59. The van der Waals surface area contributed by atoms with Crippen LogP contribution in [-0.2, 0) is 14.6 Å². The first-order valence-electron chi connectivity index (χ1n) is 8.14. The summed E-state index contributed by atoms with van der Waals surface area (Å²) in [7, 11) is -3.32. The molecule has 0 aromatic heterocycles. The summed E-state index contributed by atoms with van der Waals surface area (Å²) in [6.45, 7) is 3.61. The number of ether oxygens (including phenoxy) is 2. The van der Waals surface area contributed by atoms with Crippen LogP contribution in [0.25, 0.3) is 0 Å². The van der Waals surface area contributed by atoms with Gasteiger partial charge in [0.25, 0.3) is 0 Å². The van der Waals surface area contributed by atoms with E-state index in [-0.39, 0.29) is 10.6 Å². The number of allylic oxidation sites excluding steroid dienone is 3. The molecule has 0 fully saturated rings. The van der Waals surface area contributed by atoms with Crippen molar-refractivity contribution < 1.29 is 26.7 Å². The van der Waals surface area contributed by atoms with Gasteiger partial charge >= 0.3 is 0 Å². The van der Waals surface area contributed by atoms with Gasteiger partial charge in [0.1, 0.15) is 11.6 Å². The average molecular weight is 392 g/mol. The van der Waals surface area contributed by atoms with Gasteiger partial charge in [0.05, 0.1) is 10.7 Å². The fourth-order valence-corrected chi connectivity index (χ4v) is 3.24. The van der Waals surface area contributed by atoms with Gasteiger partial charge in [-0.25, -0.2) is 17.2 Å². The van der Waals surface area contributed by atoms with Crippen molar-refractivity contribution in [1.82, 2.24) is 0 Å². The lowest BCUT2D eigenvalue weighted by Gasteiger charge is -2.27. The van der Waals surface area contributed by atoms with E-state index >= 15 is 0 Å². The molecular weight excluding hydrogens is 374 g/mol. The van der Waals surface area contributed by atoms with Crippen LogP contribution in [0.4, 0.5) is 8.78 Å². The van der Waals surface area contributed by atoms with Crippen molar-refractivity contribution in [1.29, 1.82) is 0 Å². The highest BCUT2D eigenvalue weighted by Crippen LogP contribution is 2.36. The fraction of sp³-hybridized carbons (Fsp3) is 0.200. The maximum atomic E-state index is 14.0. The third-order valence-electron chi connectivity index (χ3n) is 4.20. The molecule has 1 unspecified atom stereocenters. The normalized spacial score (nSPS) is 17.4. The molecule has 1 aliphatic heterocycles. The van der Waals surface area contributed by atoms with Gasteiger partial charge in [-0.05, 0) is 49.8 Å². The van der Waals surface area contributed by atoms with E-state index in [1.807, 2.05) is 6.92 Å². The third-order valence-corrected chi connectivity index (χ3v) is 5.33. The van der Waals surface area contributed by atoms with E-state index in [1.54, 1.807) is 25.1 Å². The first-order chi connectivity index (χ1) is 12.6. The molecule has 142 valence electrons. The molecule has 0 radical (unpaired) electrons. The predicted octanol–water partition coefficient (Wildman–Crippen LogP) is 4.70. The van der Waals surface area contributed by atoms with E-state index in [9.17, 15) is 17.2 Å². The molecule has 0 amide bonds. The molecule has 1 heterocycles. The second kappa shape index (κ2) is 7.15. The Hall–Kier alpha value is -2.67. The van der Waals surface area contributed by atoms with Crippen LogP contribution in [0.2, 0.25) is 0 Å². The zero-order chi connectivity index (χ0) is 19.8. The maximum Gasteiger partial charge on any atom is 0.181 e. The second-order valence-corrected chi connectivity index (χ2v) is 8.32. The van der Waals surface area contributed by atoms with Crippen LogP contribution in [0, 0.1) is 11.6 Å². The molecule has 4 nitrogen and oxygen atoms in total. The number of benzene rings is 2. The lowest BCUT2D eigenvalue weighted by atomic mass is 10.0. The van der Waals surface area contributed by atoms with Crippen LogP contribution in [0.3, 0.4) is 0 Å². The monoisotopic (exact) mass is 392 g/mol. The Morgan fingerprint density at radius 1 is 1.04 bits per heavy atom. The minimum atomic E-state index is -3.32. The van der Waals surface area contributed by atoms with Crippen LogP contribution in [0.5, 0.6) is 5.75 Å². The van der Waals surface area contributed by atoms with Crippen LogP contribution in [0.15, 0.2) is 70.5 Å². The number of rotatable bonds is 4. The zero-order valence-electron chi connectivity index (χ0n) is 15.0. The lowest BCUT2D eigenvalue weighted by molar-refractivity contribution is 0.103. The summed E-state index contributed by atoms with van der Waals surface area (Å²) in [5.74, 6) is -0.675. The summed E-state index contributed by atoms with van der Waals surface area (Å²) in [4.78, 5) is 0.182. The summed E-state index contributed by atoms with van der Waals surface area (Å²) in [6.07, 6.45) is 2.16. The molecule has 0 spiro atoms. The first-order valence-corrected chi connectivity index (χ1v) is 10.0. The Labute approximate surface area is 156 Å². The molecule has 0 saturated heterocycles. The predicted molar refractivity (Wildman–Crippen MR) is 96.8 cm³/mol. The summed E-state index contributed by atoms with van der Waals surface area (Å²) in [5.41, 5.74) is 1.44. The van der Waals surface area contributed by atoms with Gasteiger partial charge in [-0.3, -0.25) is 0 Å². The topological polar surface area (TPSA) is 52.6 Å². The molecule has 2 aromatic rings. The number of sulfone groups is 1. The van der Waals surface area contributed by atoms with Gasteiger partial charge in [-0.15, -0.1) is 0 Å². The molecule has 0 bridgehead atoms. The fourth-order valence-electron chi connectivity index (χ4n) is 2.61. The van der Waals surface area contributed by atoms with Gasteiger partial charge in [-0.2, -0.15) is 0 Å². The van der Waals surface area contributed by atoms with E-state index in [0.29, 0.717) is 17.1 Å². The molecule has 3 rings (SSSR count). The molecule has 27 heavy (non-hydrogen) atoms. The molecule has 1 aliphatic rings. The summed E-state index contributed by atoms with van der Waals surface area (Å²) in [5, 5.41) is 0. The number of hydrogen-bond acceptors (Lipinski definition) is 4. The zero-order valence-corrected chi connectivity index (χ0v) is 15.8. The highest BCUT2D eigenvalue weighted by Gasteiger charge is 2.26. The largest absolute Gasteiger partial charge is 0.482 e. The Kier molecular flexibility index (Phi) is 5.06. The highest BCUT2D eigenvalue weighted by atomic mass is 32.2. The standard InChI is InChI=1S/C20H18F2O4S/c1-12-10-19(26-18-9-6-15(21)11-17(18)22)20(25-13(12)2)14-4-7-16(8-5-14)27(3,23)24/h4-11,20H,1-3H3. The van der Waals surface area contributed by atoms with Crippen molar-refractivity contribution in [2.75, 3.05) is 6.26 Å². The van der Waals surface area contributed by atoms with Crippen LogP contribution in [0.1, 0.15) is 25.5 Å². The molecule has 0 N–H and O–H groups in total. The first kappa shape index (κ1) is 19.1. The van der Waals surface area contributed by atoms with E-state index in [4.69, 9.17) is 9.47 Å².